The number of nitrogens with two attached hydrogens (primary N) is 2. The van der Waals surface area contributed by atoms with Crippen molar-refractivity contribution in [1.82, 2.24) is 10.6 Å². The molecule has 1 saturated heterocycles. The minimum absolute atomic E-state index is 0.121. The van der Waals surface area contributed by atoms with Crippen LogP contribution in [0.5, 0.6) is 0 Å². The van der Waals surface area contributed by atoms with E-state index in [0.717, 1.165) is 0 Å². The van der Waals surface area contributed by atoms with Crippen molar-refractivity contribution in [2.75, 3.05) is 13.1 Å². The van der Waals surface area contributed by atoms with Crippen LogP contribution in [0.4, 0.5) is 0 Å². The molecule has 0 radical (unpaired) electrons. The summed E-state index contributed by atoms with van der Waals surface area (Å²) in [6.45, 7) is 2.53. The number of hydrogen-bond donors (Lipinski definition) is 6. The zero-order chi connectivity index (χ0) is 17.0. The molecule has 2 heterocycles. The predicted molar refractivity (Wildman–Crippen MR) is 84.2 cm³/mol. The molecule has 0 aromatic heterocycles. The standard InChI is InChI=1S/C14H25N5O4/c1-7(20)18-11-9(19-14(15)16)3-5-23-13(11)12(22)8-6-17-4-2-10(8)21/h3,5,8-13,17,21-22H,2,4,6H2,1H3,(H,18,20)(H4,15,16,19)/t8?,9-,10?,11+,12?,13?/m0/s1. The molecule has 23 heavy (non-hydrogen) atoms. The Kier molecular flexibility index (Phi) is 5.80. The monoisotopic (exact) mass is 327 g/mol. The van der Waals surface area contributed by atoms with E-state index in [-0.39, 0.29) is 11.9 Å². The first-order valence-electron chi connectivity index (χ1n) is 7.65. The summed E-state index contributed by atoms with van der Waals surface area (Å²) in [5.41, 5.74) is 10.9. The van der Waals surface area contributed by atoms with Crippen LogP contribution in [0.3, 0.4) is 0 Å². The summed E-state index contributed by atoms with van der Waals surface area (Å²) in [4.78, 5) is 15.6. The van der Waals surface area contributed by atoms with Crippen LogP contribution >= 0.6 is 0 Å². The Labute approximate surface area is 134 Å². The molecular formula is C14H25N5O4. The van der Waals surface area contributed by atoms with Crippen molar-refractivity contribution in [2.24, 2.45) is 22.4 Å². The highest BCUT2D eigenvalue weighted by molar-refractivity contribution is 5.76. The lowest BCUT2D eigenvalue weighted by molar-refractivity contribution is -0.124. The molecule has 2 aliphatic rings. The highest BCUT2D eigenvalue weighted by Crippen LogP contribution is 2.25. The number of aliphatic hydroxyl groups is 2. The van der Waals surface area contributed by atoms with Gasteiger partial charge >= 0.3 is 0 Å². The number of piperidine rings is 1. The maximum absolute atomic E-state index is 11.5. The number of ether oxygens (including phenoxy) is 1. The van der Waals surface area contributed by atoms with Crippen LogP contribution in [0, 0.1) is 5.92 Å². The van der Waals surface area contributed by atoms with E-state index in [0.29, 0.717) is 19.5 Å². The van der Waals surface area contributed by atoms with E-state index < -0.39 is 36.3 Å². The van der Waals surface area contributed by atoms with Crippen LogP contribution in [-0.2, 0) is 9.53 Å². The zero-order valence-electron chi connectivity index (χ0n) is 13.1. The average molecular weight is 327 g/mol. The molecule has 2 aliphatic heterocycles. The summed E-state index contributed by atoms with van der Waals surface area (Å²) in [5, 5.41) is 26.7. The second-order valence-corrected chi connectivity index (χ2v) is 5.91. The van der Waals surface area contributed by atoms with Crippen LogP contribution in [0.25, 0.3) is 0 Å². The summed E-state index contributed by atoms with van der Waals surface area (Å²) in [7, 11) is 0. The third kappa shape index (κ3) is 4.34. The summed E-state index contributed by atoms with van der Waals surface area (Å²) in [6.07, 6.45) is 1.17. The van der Waals surface area contributed by atoms with Gasteiger partial charge in [0.25, 0.3) is 0 Å². The van der Waals surface area contributed by atoms with Gasteiger partial charge in [-0.25, -0.2) is 4.99 Å². The van der Waals surface area contributed by atoms with Gasteiger partial charge in [0.05, 0.1) is 30.6 Å². The number of nitrogens with zero attached hydrogens (tertiary/aromatic N) is 1. The van der Waals surface area contributed by atoms with Gasteiger partial charge in [0.1, 0.15) is 6.10 Å². The van der Waals surface area contributed by atoms with E-state index in [1.54, 1.807) is 6.08 Å². The van der Waals surface area contributed by atoms with Crippen molar-refractivity contribution in [1.29, 1.82) is 0 Å². The fourth-order valence-corrected chi connectivity index (χ4v) is 3.07. The molecule has 0 bridgehead atoms. The maximum atomic E-state index is 11.5. The summed E-state index contributed by atoms with van der Waals surface area (Å²) >= 11 is 0. The van der Waals surface area contributed by atoms with Crippen molar-refractivity contribution >= 4 is 11.9 Å². The van der Waals surface area contributed by atoms with E-state index in [1.165, 1.54) is 13.2 Å². The summed E-state index contributed by atoms with van der Waals surface area (Å²) < 4.78 is 5.53. The molecular weight excluding hydrogens is 302 g/mol. The van der Waals surface area contributed by atoms with Crippen LogP contribution in [0.1, 0.15) is 13.3 Å². The molecule has 0 saturated carbocycles. The molecule has 4 unspecified atom stereocenters. The van der Waals surface area contributed by atoms with Gasteiger partial charge in [0.2, 0.25) is 5.91 Å². The van der Waals surface area contributed by atoms with E-state index in [2.05, 4.69) is 15.6 Å². The second-order valence-electron chi connectivity index (χ2n) is 5.91. The van der Waals surface area contributed by atoms with Gasteiger partial charge in [-0.2, -0.15) is 0 Å². The van der Waals surface area contributed by atoms with Crippen LogP contribution in [-0.4, -0.2) is 65.6 Å². The molecule has 8 N–H and O–H groups in total. The first-order chi connectivity index (χ1) is 10.9. The first kappa shape index (κ1) is 17.5. The largest absolute Gasteiger partial charge is 0.493 e. The molecule has 0 spiro atoms. The Bertz CT molecular complexity index is 480. The lowest BCUT2D eigenvalue weighted by Crippen LogP contribution is -2.60. The molecule has 0 aromatic rings. The number of hydrogen-bond acceptors (Lipinski definition) is 6. The van der Waals surface area contributed by atoms with Crippen LogP contribution < -0.4 is 22.1 Å². The van der Waals surface area contributed by atoms with Crippen molar-refractivity contribution in [3.8, 4) is 0 Å². The molecule has 9 heteroatoms. The summed E-state index contributed by atoms with van der Waals surface area (Å²) in [6, 6.07) is -1.19. The molecule has 6 atom stereocenters. The minimum atomic E-state index is -0.990. The number of nitrogens with one attached hydrogen (secondary N) is 2. The van der Waals surface area contributed by atoms with Crippen LogP contribution in [0.2, 0.25) is 0 Å². The Hall–Kier alpha value is -1.84. The molecule has 0 aromatic carbocycles. The fraction of sp³-hybridized carbons (Fsp3) is 0.714. The zero-order valence-corrected chi connectivity index (χ0v) is 13.1. The molecule has 0 aliphatic carbocycles. The number of guanidine groups is 1. The summed E-state index contributed by atoms with van der Waals surface area (Å²) in [5.74, 6) is -0.815. The third-order valence-electron chi connectivity index (χ3n) is 4.17. The lowest BCUT2D eigenvalue weighted by Gasteiger charge is -2.41. The molecule has 2 rings (SSSR count). The van der Waals surface area contributed by atoms with Gasteiger partial charge in [-0.15, -0.1) is 0 Å². The van der Waals surface area contributed by atoms with Gasteiger partial charge < -0.3 is 37.1 Å². The van der Waals surface area contributed by atoms with Crippen molar-refractivity contribution in [2.45, 2.75) is 43.7 Å². The maximum Gasteiger partial charge on any atom is 0.217 e. The third-order valence-corrected chi connectivity index (χ3v) is 4.17. The number of aliphatic imine (C=N–C) groups is 1. The molecule has 9 nitrogen and oxygen atoms in total. The Balaban J connectivity index is 2.21. The van der Waals surface area contributed by atoms with E-state index in [4.69, 9.17) is 16.2 Å². The van der Waals surface area contributed by atoms with Gasteiger partial charge in [0.15, 0.2) is 5.96 Å². The van der Waals surface area contributed by atoms with Crippen molar-refractivity contribution in [3.63, 3.8) is 0 Å². The first-order valence-corrected chi connectivity index (χ1v) is 7.65. The Morgan fingerprint density at radius 2 is 2.26 bits per heavy atom. The number of carbonyl (C=O) groups excluding carboxylic acids is 1. The second kappa shape index (κ2) is 7.62. The average Bonchev–Trinajstić information content (AvgIpc) is 2.48. The normalized spacial score (nSPS) is 35.0. The Morgan fingerprint density at radius 1 is 1.52 bits per heavy atom. The van der Waals surface area contributed by atoms with E-state index >= 15 is 0 Å². The smallest absolute Gasteiger partial charge is 0.217 e. The number of aliphatic hydroxyl groups excluding tert-OH is 2. The highest BCUT2D eigenvalue weighted by Gasteiger charge is 2.43. The van der Waals surface area contributed by atoms with Gasteiger partial charge in [-0.1, -0.05) is 0 Å². The minimum Gasteiger partial charge on any atom is -0.493 e. The SMILES string of the molecule is CC(=O)N[C@H]1C(C(O)C2CNCCC2O)OC=C[C@@H]1N=C(N)N. The Morgan fingerprint density at radius 3 is 2.87 bits per heavy atom. The van der Waals surface area contributed by atoms with E-state index in [9.17, 15) is 15.0 Å². The number of rotatable bonds is 4. The lowest BCUT2D eigenvalue weighted by atomic mass is 9.83. The van der Waals surface area contributed by atoms with Gasteiger partial charge in [-0.05, 0) is 19.0 Å². The van der Waals surface area contributed by atoms with Crippen LogP contribution in [0.15, 0.2) is 17.3 Å². The van der Waals surface area contributed by atoms with Gasteiger partial charge in [-0.3, -0.25) is 4.79 Å². The highest BCUT2D eigenvalue weighted by atomic mass is 16.5. The van der Waals surface area contributed by atoms with Crippen molar-refractivity contribution in [3.05, 3.63) is 12.3 Å². The predicted octanol–water partition coefficient (Wildman–Crippen LogP) is -2.62. The topological polar surface area (TPSA) is 155 Å². The van der Waals surface area contributed by atoms with Gasteiger partial charge in [0, 0.05) is 19.4 Å². The molecule has 1 fully saturated rings. The fourth-order valence-electron chi connectivity index (χ4n) is 3.07. The number of carbonyl (C=O) groups is 1. The molecule has 1 amide bonds. The number of amides is 1. The van der Waals surface area contributed by atoms with E-state index in [1.807, 2.05) is 0 Å². The van der Waals surface area contributed by atoms with Crippen molar-refractivity contribution < 1.29 is 19.7 Å². The molecule has 130 valence electrons. The quantitative estimate of drug-likeness (QED) is 0.244.